The lowest BCUT2D eigenvalue weighted by Gasteiger charge is -2.30. The number of para-hydroxylation sites is 1. The van der Waals surface area contributed by atoms with Crippen molar-refractivity contribution < 1.29 is 17.9 Å². The van der Waals surface area contributed by atoms with Gasteiger partial charge in [0.2, 0.25) is 0 Å². The van der Waals surface area contributed by atoms with Crippen molar-refractivity contribution in [2.45, 2.75) is 38.8 Å². The third kappa shape index (κ3) is 3.98. The molecule has 2 heterocycles. The fraction of sp³-hybridized carbons (Fsp3) is 0.647. The fourth-order valence-corrected chi connectivity index (χ4v) is 5.05. The molecule has 1 atom stereocenters. The summed E-state index contributed by atoms with van der Waals surface area (Å²) in [6, 6.07) is 6.07. The van der Waals surface area contributed by atoms with E-state index in [2.05, 4.69) is 17.9 Å². The number of ether oxygens (including phenoxy) is 2. The van der Waals surface area contributed by atoms with E-state index < -0.39 is 9.84 Å². The number of hydrogen-bond donors (Lipinski definition) is 0. The fourth-order valence-electron chi connectivity index (χ4n) is 3.29. The summed E-state index contributed by atoms with van der Waals surface area (Å²) in [6.45, 7) is 4.94. The van der Waals surface area contributed by atoms with Crippen LogP contribution in [0.2, 0.25) is 0 Å². The molecule has 2 aliphatic rings. The van der Waals surface area contributed by atoms with E-state index >= 15 is 0 Å². The Morgan fingerprint density at radius 1 is 1.26 bits per heavy atom. The molecule has 3 rings (SSSR count). The predicted molar refractivity (Wildman–Crippen MR) is 89.8 cm³/mol. The van der Waals surface area contributed by atoms with Crippen LogP contribution in [0.4, 0.5) is 0 Å². The first kappa shape index (κ1) is 16.6. The van der Waals surface area contributed by atoms with Gasteiger partial charge >= 0.3 is 0 Å². The van der Waals surface area contributed by atoms with Crippen LogP contribution < -0.4 is 9.47 Å². The van der Waals surface area contributed by atoms with Gasteiger partial charge in [-0.25, -0.2) is 8.42 Å². The van der Waals surface area contributed by atoms with Crippen LogP contribution >= 0.6 is 0 Å². The van der Waals surface area contributed by atoms with Crippen LogP contribution in [0, 0.1) is 0 Å². The molecule has 0 N–H and O–H groups in total. The van der Waals surface area contributed by atoms with Crippen LogP contribution in [0.5, 0.6) is 11.5 Å². The zero-order valence-corrected chi connectivity index (χ0v) is 14.5. The molecule has 1 aromatic carbocycles. The minimum Gasteiger partial charge on any atom is -0.486 e. The SMILES string of the molecule is CCCCN(Cc1cccc2c1OCCO2)[C@H]1CCS(=O)(=O)C1. The number of unbranched alkanes of at least 4 members (excludes halogenated alkanes) is 1. The monoisotopic (exact) mass is 339 g/mol. The molecule has 23 heavy (non-hydrogen) atoms. The summed E-state index contributed by atoms with van der Waals surface area (Å²) in [4.78, 5) is 2.31. The lowest BCUT2D eigenvalue weighted by Crippen LogP contribution is -2.36. The van der Waals surface area contributed by atoms with Crippen molar-refractivity contribution in [3.63, 3.8) is 0 Å². The minimum absolute atomic E-state index is 0.118. The van der Waals surface area contributed by atoms with E-state index in [4.69, 9.17) is 9.47 Å². The van der Waals surface area contributed by atoms with Gasteiger partial charge < -0.3 is 9.47 Å². The average molecular weight is 339 g/mol. The molecule has 0 unspecified atom stereocenters. The second-order valence-electron chi connectivity index (χ2n) is 6.32. The highest BCUT2D eigenvalue weighted by Crippen LogP contribution is 2.35. The van der Waals surface area contributed by atoms with Crippen LogP contribution in [0.25, 0.3) is 0 Å². The van der Waals surface area contributed by atoms with Crippen molar-refractivity contribution in [3.8, 4) is 11.5 Å². The van der Waals surface area contributed by atoms with Crippen LogP contribution in [0.15, 0.2) is 18.2 Å². The number of fused-ring (bicyclic) bond motifs is 1. The zero-order chi connectivity index (χ0) is 16.3. The summed E-state index contributed by atoms with van der Waals surface area (Å²) in [7, 11) is -2.87. The highest BCUT2D eigenvalue weighted by molar-refractivity contribution is 7.91. The van der Waals surface area contributed by atoms with Crippen molar-refractivity contribution >= 4 is 9.84 Å². The van der Waals surface area contributed by atoms with Crippen LogP contribution in [0.3, 0.4) is 0 Å². The highest BCUT2D eigenvalue weighted by atomic mass is 32.2. The first-order chi connectivity index (χ1) is 11.1. The van der Waals surface area contributed by atoms with E-state index in [9.17, 15) is 8.42 Å². The summed E-state index contributed by atoms with van der Waals surface area (Å²) >= 11 is 0. The van der Waals surface area contributed by atoms with Gasteiger partial charge in [-0.15, -0.1) is 0 Å². The lowest BCUT2D eigenvalue weighted by atomic mass is 10.1. The molecule has 6 heteroatoms. The summed E-state index contributed by atoms with van der Waals surface area (Å²) in [5.74, 6) is 2.21. The number of benzene rings is 1. The van der Waals surface area contributed by atoms with Crippen molar-refractivity contribution in [3.05, 3.63) is 23.8 Å². The molecule has 1 aromatic rings. The Kier molecular flexibility index (Phi) is 5.11. The van der Waals surface area contributed by atoms with E-state index in [1.807, 2.05) is 12.1 Å². The Labute approximate surface area is 138 Å². The molecule has 128 valence electrons. The molecule has 2 aliphatic heterocycles. The Balaban J connectivity index is 1.79. The van der Waals surface area contributed by atoms with E-state index in [1.54, 1.807) is 0 Å². The predicted octanol–water partition coefficient (Wildman–Crippen LogP) is 2.25. The van der Waals surface area contributed by atoms with Crippen molar-refractivity contribution in [1.82, 2.24) is 4.90 Å². The molecule has 0 amide bonds. The zero-order valence-electron chi connectivity index (χ0n) is 13.7. The maximum atomic E-state index is 11.8. The first-order valence-electron chi connectivity index (χ1n) is 8.41. The second kappa shape index (κ2) is 7.09. The van der Waals surface area contributed by atoms with Gasteiger partial charge in [-0.05, 0) is 25.5 Å². The molecule has 1 saturated heterocycles. The smallest absolute Gasteiger partial charge is 0.165 e. The van der Waals surface area contributed by atoms with Crippen molar-refractivity contribution in [2.24, 2.45) is 0 Å². The summed E-state index contributed by atoms with van der Waals surface area (Å²) in [5, 5.41) is 0. The van der Waals surface area contributed by atoms with Gasteiger partial charge in [-0.3, -0.25) is 4.90 Å². The Morgan fingerprint density at radius 3 is 2.83 bits per heavy atom. The second-order valence-corrected chi connectivity index (χ2v) is 8.55. The van der Waals surface area contributed by atoms with Gasteiger partial charge in [0.25, 0.3) is 0 Å². The standard InChI is InChI=1S/C17H25NO4S/c1-2-3-8-18(15-7-11-23(19,20)13-15)12-14-5-4-6-16-17(14)22-10-9-21-16/h4-6,15H,2-3,7-13H2,1H3/t15-/m0/s1. The molecule has 0 aliphatic carbocycles. The third-order valence-corrected chi connectivity index (χ3v) is 6.30. The minimum atomic E-state index is -2.87. The number of rotatable bonds is 6. The highest BCUT2D eigenvalue weighted by Gasteiger charge is 2.32. The summed E-state index contributed by atoms with van der Waals surface area (Å²) in [6.07, 6.45) is 2.91. The molecule has 0 spiro atoms. The van der Waals surface area contributed by atoms with Crippen LogP contribution in [0.1, 0.15) is 31.7 Å². The Morgan fingerprint density at radius 2 is 2.09 bits per heavy atom. The number of hydrogen-bond acceptors (Lipinski definition) is 5. The molecule has 1 fully saturated rings. The van der Waals surface area contributed by atoms with E-state index in [0.717, 1.165) is 42.9 Å². The normalized spacial score (nSPS) is 22.4. The van der Waals surface area contributed by atoms with Crippen molar-refractivity contribution in [1.29, 1.82) is 0 Å². The van der Waals surface area contributed by atoms with Gasteiger partial charge in [-0.2, -0.15) is 0 Å². The lowest BCUT2D eigenvalue weighted by molar-refractivity contribution is 0.161. The molecular formula is C17H25NO4S. The van der Waals surface area contributed by atoms with Gasteiger partial charge in [0, 0.05) is 18.2 Å². The van der Waals surface area contributed by atoms with Crippen LogP contribution in [-0.2, 0) is 16.4 Å². The largest absolute Gasteiger partial charge is 0.486 e. The van der Waals surface area contributed by atoms with Crippen molar-refractivity contribution in [2.75, 3.05) is 31.3 Å². The average Bonchev–Trinajstić information content (AvgIpc) is 2.91. The topological polar surface area (TPSA) is 55.8 Å². The van der Waals surface area contributed by atoms with Gasteiger partial charge in [0.1, 0.15) is 13.2 Å². The maximum absolute atomic E-state index is 11.8. The molecule has 0 saturated carbocycles. The van der Waals surface area contributed by atoms with Crippen LogP contribution in [-0.4, -0.2) is 50.6 Å². The van der Waals surface area contributed by atoms with Gasteiger partial charge in [0.05, 0.1) is 11.5 Å². The quantitative estimate of drug-likeness (QED) is 0.796. The Bertz CT molecular complexity index is 644. The molecule has 0 radical (unpaired) electrons. The van der Waals surface area contributed by atoms with E-state index in [1.165, 1.54) is 0 Å². The van der Waals surface area contributed by atoms with Gasteiger partial charge in [-0.1, -0.05) is 25.5 Å². The first-order valence-corrected chi connectivity index (χ1v) is 10.2. The van der Waals surface area contributed by atoms with E-state index in [0.29, 0.717) is 25.5 Å². The number of sulfone groups is 1. The maximum Gasteiger partial charge on any atom is 0.165 e. The summed E-state index contributed by atoms with van der Waals surface area (Å²) in [5.41, 5.74) is 1.09. The summed E-state index contributed by atoms with van der Waals surface area (Å²) < 4.78 is 35.1. The molecule has 0 bridgehead atoms. The molecule has 0 aromatic heterocycles. The van der Waals surface area contributed by atoms with E-state index in [-0.39, 0.29) is 11.8 Å². The van der Waals surface area contributed by atoms with Gasteiger partial charge in [0.15, 0.2) is 21.3 Å². The molecular weight excluding hydrogens is 314 g/mol. The number of nitrogens with zero attached hydrogens (tertiary/aromatic N) is 1. The Hall–Kier alpha value is -1.27. The third-order valence-electron chi connectivity index (χ3n) is 4.54. The molecule has 5 nitrogen and oxygen atoms in total.